The van der Waals surface area contributed by atoms with Crippen molar-refractivity contribution in [1.29, 1.82) is 0 Å². The Balaban J connectivity index is 2.43. The number of hydrogen-bond acceptors (Lipinski definition) is 4. The Kier molecular flexibility index (Phi) is 3.02. The van der Waals surface area contributed by atoms with E-state index >= 15 is 0 Å². The summed E-state index contributed by atoms with van der Waals surface area (Å²) in [5, 5.41) is 38.3. The molecule has 0 aliphatic carbocycles. The van der Waals surface area contributed by atoms with Crippen LogP contribution in [0.2, 0.25) is 0 Å². The molecule has 4 nitrogen and oxygen atoms in total. The normalized spacial score (nSPS) is 10.5. The third-order valence-electron chi connectivity index (χ3n) is 2.79. The molecule has 94 valence electrons. The lowest BCUT2D eigenvalue weighted by Gasteiger charge is -2.10. The molecule has 0 unspecified atom stereocenters. The topological polar surface area (TPSA) is 80.9 Å². The molecular formula is C14H14O4. The molecular weight excluding hydrogens is 232 g/mol. The fourth-order valence-corrected chi connectivity index (χ4v) is 1.85. The Bertz CT molecular complexity index is 567. The number of rotatable bonds is 2. The van der Waals surface area contributed by atoms with Gasteiger partial charge in [-0.2, -0.15) is 0 Å². The lowest BCUT2D eigenvalue weighted by Crippen LogP contribution is -1.91. The minimum atomic E-state index is -0.206. The highest BCUT2D eigenvalue weighted by Gasteiger charge is 2.12. The minimum Gasteiger partial charge on any atom is -0.508 e. The summed E-state index contributed by atoms with van der Waals surface area (Å²) >= 11 is 0. The first-order chi connectivity index (χ1) is 8.47. The molecule has 4 N–H and O–H groups in total. The zero-order chi connectivity index (χ0) is 13.3. The standard InChI is InChI=1S/C14H14O4/c1-8-2-3-12(16)9(4-8)5-11-13(17)6-10(15)7-14(11)18/h2-4,6-7,15-18H,5H2,1H3. The van der Waals surface area contributed by atoms with Crippen molar-refractivity contribution in [3.05, 3.63) is 47.0 Å². The van der Waals surface area contributed by atoms with Gasteiger partial charge >= 0.3 is 0 Å². The van der Waals surface area contributed by atoms with Gasteiger partial charge in [-0.05, 0) is 18.6 Å². The van der Waals surface area contributed by atoms with Gasteiger partial charge in [-0.3, -0.25) is 0 Å². The van der Waals surface area contributed by atoms with Crippen LogP contribution < -0.4 is 0 Å². The first kappa shape index (κ1) is 12.1. The molecule has 0 aromatic heterocycles. The third kappa shape index (κ3) is 2.32. The van der Waals surface area contributed by atoms with Gasteiger partial charge in [0.05, 0.1) is 0 Å². The Morgan fingerprint density at radius 1 is 0.833 bits per heavy atom. The second-order valence-corrected chi connectivity index (χ2v) is 4.27. The van der Waals surface area contributed by atoms with E-state index in [0.29, 0.717) is 5.56 Å². The average Bonchev–Trinajstić information content (AvgIpc) is 2.28. The van der Waals surface area contributed by atoms with Crippen LogP contribution >= 0.6 is 0 Å². The second kappa shape index (κ2) is 4.49. The first-order valence-corrected chi connectivity index (χ1v) is 5.49. The van der Waals surface area contributed by atoms with Gasteiger partial charge in [-0.15, -0.1) is 0 Å². The Labute approximate surface area is 104 Å². The van der Waals surface area contributed by atoms with E-state index < -0.39 is 0 Å². The van der Waals surface area contributed by atoms with Gasteiger partial charge in [-0.25, -0.2) is 0 Å². The number of aryl methyl sites for hydroxylation is 1. The van der Waals surface area contributed by atoms with Gasteiger partial charge in [0.25, 0.3) is 0 Å². The summed E-state index contributed by atoms with van der Waals surface area (Å²) in [6.45, 7) is 1.89. The van der Waals surface area contributed by atoms with Gasteiger partial charge in [0, 0.05) is 24.1 Å². The van der Waals surface area contributed by atoms with Crippen LogP contribution in [0.15, 0.2) is 30.3 Å². The molecule has 0 atom stereocenters. The SMILES string of the molecule is Cc1ccc(O)c(Cc2c(O)cc(O)cc2O)c1. The van der Waals surface area contributed by atoms with E-state index in [1.54, 1.807) is 18.2 Å². The maximum atomic E-state index is 9.72. The average molecular weight is 246 g/mol. The predicted molar refractivity (Wildman–Crippen MR) is 67.1 cm³/mol. The number of benzene rings is 2. The summed E-state index contributed by atoms with van der Waals surface area (Å²) in [5.74, 6) is -0.503. The molecule has 0 radical (unpaired) electrons. The monoisotopic (exact) mass is 246 g/mol. The molecule has 2 aromatic rings. The summed E-state index contributed by atoms with van der Waals surface area (Å²) in [6.07, 6.45) is 0.186. The Morgan fingerprint density at radius 3 is 2.06 bits per heavy atom. The summed E-state index contributed by atoms with van der Waals surface area (Å²) in [5.41, 5.74) is 1.85. The fourth-order valence-electron chi connectivity index (χ4n) is 1.85. The largest absolute Gasteiger partial charge is 0.508 e. The molecule has 0 saturated carbocycles. The van der Waals surface area contributed by atoms with Crippen LogP contribution in [-0.2, 0) is 6.42 Å². The van der Waals surface area contributed by atoms with Crippen molar-refractivity contribution < 1.29 is 20.4 Å². The number of phenolic OH excluding ortho intramolecular Hbond substituents is 4. The van der Waals surface area contributed by atoms with Crippen LogP contribution in [0.4, 0.5) is 0 Å². The van der Waals surface area contributed by atoms with E-state index in [1.165, 1.54) is 0 Å². The van der Waals surface area contributed by atoms with E-state index in [4.69, 9.17) is 0 Å². The van der Waals surface area contributed by atoms with E-state index in [9.17, 15) is 20.4 Å². The molecule has 4 heteroatoms. The zero-order valence-electron chi connectivity index (χ0n) is 9.88. The highest BCUT2D eigenvalue weighted by atomic mass is 16.3. The summed E-state index contributed by atoms with van der Waals surface area (Å²) in [4.78, 5) is 0. The van der Waals surface area contributed by atoms with Crippen molar-refractivity contribution in [2.24, 2.45) is 0 Å². The molecule has 0 amide bonds. The van der Waals surface area contributed by atoms with Gasteiger partial charge in [0.1, 0.15) is 23.0 Å². The van der Waals surface area contributed by atoms with Crippen molar-refractivity contribution in [2.45, 2.75) is 13.3 Å². The fraction of sp³-hybridized carbons (Fsp3) is 0.143. The van der Waals surface area contributed by atoms with Crippen LogP contribution in [-0.4, -0.2) is 20.4 Å². The van der Waals surface area contributed by atoms with Crippen molar-refractivity contribution in [3.63, 3.8) is 0 Å². The van der Waals surface area contributed by atoms with Crippen LogP contribution in [0, 0.1) is 6.92 Å². The van der Waals surface area contributed by atoms with E-state index in [-0.39, 0.29) is 35.0 Å². The van der Waals surface area contributed by atoms with E-state index in [0.717, 1.165) is 17.7 Å². The van der Waals surface area contributed by atoms with E-state index in [1.807, 2.05) is 6.92 Å². The molecule has 0 aliphatic heterocycles. The summed E-state index contributed by atoms with van der Waals surface area (Å²) in [7, 11) is 0. The smallest absolute Gasteiger partial charge is 0.126 e. The van der Waals surface area contributed by atoms with E-state index in [2.05, 4.69) is 0 Å². The second-order valence-electron chi connectivity index (χ2n) is 4.27. The molecule has 0 spiro atoms. The van der Waals surface area contributed by atoms with Crippen LogP contribution in [0.25, 0.3) is 0 Å². The first-order valence-electron chi connectivity index (χ1n) is 5.49. The molecule has 0 fully saturated rings. The molecule has 18 heavy (non-hydrogen) atoms. The molecule has 0 aliphatic rings. The van der Waals surface area contributed by atoms with Crippen LogP contribution in [0.1, 0.15) is 16.7 Å². The Morgan fingerprint density at radius 2 is 1.44 bits per heavy atom. The van der Waals surface area contributed by atoms with Gasteiger partial charge in [0.15, 0.2) is 0 Å². The number of aromatic hydroxyl groups is 4. The third-order valence-corrected chi connectivity index (χ3v) is 2.79. The van der Waals surface area contributed by atoms with Crippen molar-refractivity contribution in [2.75, 3.05) is 0 Å². The highest BCUT2D eigenvalue weighted by molar-refractivity contribution is 5.52. The number of phenols is 4. The predicted octanol–water partition coefficient (Wildman–Crippen LogP) is 2.41. The zero-order valence-corrected chi connectivity index (χ0v) is 9.88. The van der Waals surface area contributed by atoms with Crippen LogP contribution in [0.5, 0.6) is 23.0 Å². The lowest BCUT2D eigenvalue weighted by atomic mass is 10.0. The molecule has 0 heterocycles. The maximum absolute atomic E-state index is 9.72. The summed E-state index contributed by atoms with van der Waals surface area (Å²) < 4.78 is 0. The van der Waals surface area contributed by atoms with Gasteiger partial charge in [-0.1, -0.05) is 17.7 Å². The summed E-state index contributed by atoms with van der Waals surface area (Å²) in [6, 6.07) is 7.43. The Hall–Kier alpha value is -2.36. The highest BCUT2D eigenvalue weighted by Crippen LogP contribution is 2.35. The van der Waals surface area contributed by atoms with Crippen molar-refractivity contribution in [1.82, 2.24) is 0 Å². The quantitative estimate of drug-likeness (QED) is 0.656. The molecule has 0 saturated heterocycles. The van der Waals surface area contributed by atoms with Crippen molar-refractivity contribution >= 4 is 0 Å². The maximum Gasteiger partial charge on any atom is 0.126 e. The molecule has 0 bridgehead atoms. The van der Waals surface area contributed by atoms with Gasteiger partial charge < -0.3 is 20.4 Å². The van der Waals surface area contributed by atoms with Crippen molar-refractivity contribution in [3.8, 4) is 23.0 Å². The molecule has 2 aromatic carbocycles. The van der Waals surface area contributed by atoms with Crippen LogP contribution in [0.3, 0.4) is 0 Å². The number of hydrogen-bond donors (Lipinski definition) is 4. The van der Waals surface area contributed by atoms with Gasteiger partial charge in [0.2, 0.25) is 0 Å². The molecule has 2 rings (SSSR count). The lowest BCUT2D eigenvalue weighted by molar-refractivity contribution is 0.419. The minimum absolute atomic E-state index is 0.104.